The first kappa shape index (κ1) is 12.4. The van der Waals surface area contributed by atoms with Gasteiger partial charge in [-0.3, -0.25) is 9.78 Å². The van der Waals surface area contributed by atoms with Crippen LogP contribution in [0, 0.1) is 5.92 Å². The molecule has 0 fully saturated rings. The Hall–Kier alpha value is -1.68. The van der Waals surface area contributed by atoms with Gasteiger partial charge in [-0.1, -0.05) is 24.3 Å². The Morgan fingerprint density at radius 3 is 2.53 bits per heavy atom. The number of carbonyl (C=O) groups excluding carboxylic acids is 1. The Balaban J connectivity index is 1.72. The van der Waals surface area contributed by atoms with Crippen molar-refractivity contribution in [3.05, 3.63) is 58.3 Å². The molecule has 1 aliphatic rings. The summed E-state index contributed by atoms with van der Waals surface area (Å²) < 4.78 is 0.805. The van der Waals surface area contributed by atoms with Crippen LogP contribution < -0.4 is 5.32 Å². The highest BCUT2D eigenvalue weighted by atomic mass is 79.9. The molecule has 0 unspecified atom stereocenters. The summed E-state index contributed by atoms with van der Waals surface area (Å²) in [5.74, 6) is 0.0977. The second kappa shape index (κ2) is 5.13. The number of pyridine rings is 1. The van der Waals surface area contributed by atoms with Gasteiger partial charge in [0.2, 0.25) is 5.91 Å². The summed E-state index contributed by atoms with van der Waals surface area (Å²) in [7, 11) is 0. The third-order valence-corrected chi connectivity index (χ3v) is 4.08. The minimum atomic E-state index is 0.0254. The van der Waals surface area contributed by atoms with Crippen LogP contribution in [0.15, 0.2) is 47.2 Å². The number of amides is 1. The number of carbonyl (C=O) groups is 1. The highest BCUT2D eigenvalue weighted by Crippen LogP contribution is 2.28. The van der Waals surface area contributed by atoms with Crippen LogP contribution in [-0.4, -0.2) is 10.9 Å². The predicted octanol–water partition coefficient (Wildman–Crippen LogP) is 3.20. The van der Waals surface area contributed by atoms with Gasteiger partial charge in [0.25, 0.3) is 0 Å². The number of halogens is 1. The molecule has 96 valence electrons. The van der Waals surface area contributed by atoms with Gasteiger partial charge in [-0.05, 0) is 46.0 Å². The van der Waals surface area contributed by atoms with Crippen molar-refractivity contribution >= 4 is 27.5 Å². The summed E-state index contributed by atoms with van der Waals surface area (Å²) in [6, 6.07) is 10.1. The fourth-order valence-electron chi connectivity index (χ4n) is 2.46. The van der Waals surface area contributed by atoms with Crippen molar-refractivity contribution in [1.82, 2.24) is 4.98 Å². The number of nitrogens with one attached hydrogen (secondary N) is 1. The van der Waals surface area contributed by atoms with E-state index in [1.54, 1.807) is 18.5 Å². The van der Waals surface area contributed by atoms with E-state index in [-0.39, 0.29) is 11.8 Å². The number of benzene rings is 1. The van der Waals surface area contributed by atoms with E-state index in [2.05, 4.69) is 38.4 Å². The quantitative estimate of drug-likeness (QED) is 0.924. The van der Waals surface area contributed by atoms with Crippen molar-refractivity contribution in [2.24, 2.45) is 5.92 Å². The number of nitrogens with zero attached hydrogens (tertiary/aromatic N) is 1. The van der Waals surface area contributed by atoms with Gasteiger partial charge >= 0.3 is 0 Å². The molecule has 3 nitrogen and oxygen atoms in total. The van der Waals surface area contributed by atoms with Crippen molar-refractivity contribution in [3.63, 3.8) is 0 Å². The van der Waals surface area contributed by atoms with Gasteiger partial charge < -0.3 is 5.32 Å². The smallest absolute Gasteiger partial charge is 0.228 e. The number of hydrogen-bond acceptors (Lipinski definition) is 2. The lowest BCUT2D eigenvalue weighted by atomic mass is 10.1. The molecular formula is C15H13BrN2O. The van der Waals surface area contributed by atoms with Crippen LogP contribution in [0.5, 0.6) is 0 Å². The van der Waals surface area contributed by atoms with E-state index < -0.39 is 0 Å². The van der Waals surface area contributed by atoms with Gasteiger partial charge in [0.15, 0.2) is 0 Å². The second-order valence-electron chi connectivity index (χ2n) is 4.72. The molecule has 0 radical (unpaired) electrons. The molecule has 0 spiro atoms. The van der Waals surface area contributed by atoms with Crippen molar-refractivity contribution in [3.8, 4) is 0 Å². The molecule has 0 saturated carbocycles. The molecule has 1 aromatic carbocycles. The van der Waals surface area contributed by atoms with Gasteiger partial charge in [0.1, 0.15) is 0 Å². The lowest BCUT2D eigenvalue weighted by Crippen LogP contribution is -2.23. The molecule has 1 aliphatic carbocycles. The lowest BCUT2D eigenvalue weighted by molar-refractivity contribution is -0.119. The molecule has 1 heterocycles. The standard InChI is InChI=1S/C15H13BrN2O/c16-13-9-17-6-5-14(13)18-15(19)12-7-10-3-1-2-4-11(10)8-12/h1-6,9,12H,7-8H2,(H,17,18,19). The highest BCUT2D eigenvalue weighted by Gasteiger charge is 2.27. The van der Waals surface area contributed by atoms with Crippen molar-refractivity contribution in [2.75, 3.05) is 5.32 Å². The van der Waals surface area contributed by atoms with E-state index in [0.717, 1.165) is 23.0 Å². The van der Waals surface area contributed by atoms with E-state index in [1.807, 2.05) is 12.1 Å². The van der Waals surface area contributed by atoms with Gasteiger partial charge in [0.05, 0.1) is 10.2 Å². The van der Waals surface area contributed by atoms with Crippen LogP contribution in [0.4, 0.5) is 5.69 Å². The molecular weight excluding hydrogens is 304 g/mol. The highest BCUT2D eigenvalue weighted by molar-refractivity contribution is 9.10. The van der Waals surface area contributed by atoms with Crippen molar-refractivity contribution in [1.29, 1.82) is 0 Å². The topological polar surface area (TPSA) is 42.0 Å². The van der Waals surface area contributed by atoms with Crippen LogP contribution in [0.2, 0.25) is 0 Å². The SMILES string of the molecule is O=C(Nc1ccncc1Br)C1Cc2ccccc2C1. The number of hydrogen-bond donors (Lipinski definition) is 1. The van der Waals surface area contributed by atoms with Crippen molar-refractivity contribution < 1.29 is 4.79 Å². The summed E-state index contributed by atoms with van der Waals surface area (Å²) in [4.78, 5) is 16.3. The maximum atomic E-state index is 12.3. The van der Waals surface area contributed by atoms with E-state index in [9.17, 15) is 4.79 Å². The van der Waals surface area contributed by atoms with Crippen LogP contribution >= 0.6 is 15.9 Å². The Bertz CT molecular complexity index is 602. The van der Waals surface area contributed by atoms with Gasteiger partial charge in [-0.25, -0.2) is 0 Å². The van der Waals surface area contributed by atoms with Crippen LogP contribution in [0.3, 0.4) is 0 Å². The van der Waals surface area contributed by atoms with Gasteiger partial charge in [-0.15, -0.1) is 0 Å². The summed E-state index contributed by atoms with van der Waals surface area (Å²) in [5.41, 5.74) is 3.35. The number of anilines is 1. The zero-order valence-corrected chi connectivity index (χ0v) is 11.9. The van der Waals surface area contributed by atoms with Crippen LogP contribution in [0.1, 0.15) is 11.1 Å². The Morgan fingerprint density at radius 2 is 1.89 bits per heavy atom. The van der Waals surface area contributed by atoms with E-state index in [1.165, 1.54) is 11.1 Å². The second-order valence-corrected chi connectivity index (χ2v) is 5.57. The first-order chi connectivity index (χ1) is 9.24. The molecule has 1 amide bonds. The lowest BCUT2D eigenvalue weighted by Gasteiger charge is -2.11. The van der Waals surface area contributed by atoms with Gasteiger partial charge in [-0.2, -0.15) is 0 Å². The molecule has 0 saturated heterocycles. The minimum absolute atomic E-state index is 0.0254. The van der Waals surface area contributed by atoms with E-state index in [4.69, 9.17) is 0 Å². The average Bonchev–Trinajstić information content (AvgIpc) is 2.85. The third-order valence-electron chi connectivity index (χ3n) is 3.45. The monoisotopic (exact) mass is 316 g/mol. The normalized spacial score (nSPS) is 14.2. The third kappa shape index (κ3) is 2.54. The maximum absolute atomic E-state index is 12.3. The first-order valence-corrected chi connectivity index (χ1v) is 7.00. The van der Waals surface area contributed by atoms with E-state index >= 15 is 0 Å². The molecule has 0 bridgehead atoms. The summed E-state index contributed by atoms with van der Waals surface area (Å²) in [6.07, 6.45) is 5.00. The summed E-state index contributed by atoms with van der Waals surface area (Å²) >= 11 is 3.38. The average molecular weight is 317 g/mol. The molecule has 0 atom stereocenters. The Kier molecular flexibility index (Phi) is 3.34. The first-order valence-electron chi connectivity index (χ1n) is 6.21. The predicted molar refractivity (Wildman–Crippen MR) is 77.9 cm³/mol. The molecule has 19 heavy (non-hydrogen) atoms. The zero-order chi connectivity index (χ0) is 13.2. The number of aromatic nitrogens is 1. The molecule has 1 N–H and O–H groups in total. The molecule has 4 heteroatoms. The maximum Gasteiger partial charge on any atom is 0.228 e. The number of rotatable bonds is 2. The van der Waals surface area contributed by atoms with Crippen molar-refractivity contribution in [2.45, 2.75) is 12.8 Å². The summed E-state index contributed by atoms with van der Waals surface area (Å²) in [5, 5.41) is 2.96. The Labute approximate surface area is 120 Å². The van der Waals surface area contributed by atoms with E-state index in [0.29, 0.717) is 0 Å². The summed E-state index contributed by atoms with van der Waals surface area (Å²) in [6.45, 7) is 0. The molecule has 3 rings (SSSR count). The van der Waals surface area contributed by atoms with Crippen LogP contribution in [0.25, 0.3) is 0 Å². The largest absolute Gasteiger partial charge is 0.325 e. The van der Waals surface area contributed by atoms with Gasteiger partial charge in [0, 0.05) is 18.3 Å². The molecule has 1 aromatic heterocycles. The zero-order valence-electron chi connectivity index (χ0n) is 10.3. The molecule has 0 aliphatic heterocycles. The number of fused-ring (bicyclic) bond motifs is 1. The van der Waals surface area contributed by atoms with Crippen LogP contribution in [-0.2, 0) is 17.6 Å². The Morgan fingerprint density at radius 1 is 1.21 bits per heavy atom. The fraction of sp³-hybridized carbons (Fsp3) is 0.200. The molecule has 2 aromatic rings. The fourth-order valence-corrected chi connectivity index (χ4v) is 2.81. The minimum Gasteiger partial charge on any atom is -0.325 e.